The van der Waals surface area contributed by atoms with Crippen molar-refractivity contribution in [2.75, 3.05) is 5.73 Å². The van der Waals surface area contributed by atoms with E-state index in [1.807, 2.05) is 24.3 Å². The second-order valence-electron chi connectivity index (χ2n) is 2.83. The van der Waals surface area contributed by atoms with Crippen molar-refractivity contribution in [1.29, 1.82) is 0 Å². The van der Waals surface area contributed by atoms with Gasteiger partial charge in [0, 0.05) is 3.57 Å². The van der Waals surface area contributed by atoms with Crippen LogP contribution in [0.5, 0.6) is 11.5 Å². The average molecular weight is 313 g/mol. The van der Waals surface area contributed by atoms with Crippen LogP contribution in [0.4, 0.5) is 5.95 Å². The average Bonchev–Trinajstić information content (AvgIpc) is 2.25. The van der Waals surface area contributed by atoms with E-state index < -0.39 is 0 Å². The van der Waals surface area contributed by atoms with Crippen molar-refractivity contribution in [3.8, 4) is 11.5 Å². The molecule has 0 saturated carbocycles. The number of halogens is 1. The number of nitrogens with zero attached hydrogens (tertiary/aromatic N) is 2. The predicted octanol–water partition coefficient (Wildman–Crippen LogP) is 2.46. The molecule has 4 nitrogen and oxygen atoms in total. The molecule has 0 amide bonds. The highest BCUT2D eigenvalue weighted by Gasteiger charge is 1.97. The number of ether oxygens (including phenoxy) is 1. The smallest absolute Gasteiger partial charge is 0.220 e. The van der Waals surface area contributed by atoms with E-state index in [2.05, 4.69) is 32.6 Å². The molecule has 0 atom stereocenters. The molecule has 5 heteroatoms. The van der Waals surface area contributed by atoms with Gasteiger partial charge in [-0.1, -0.05) is 0 Å². The number of anilines is 1. The summed E-state index contributed by atoms with van der Waals surface area (Å²) in [5, 5.41) is 0. The largest absolute Gasteiger partial charge is 0.454 e. The van der Waals surface area contributed by atoms with Crippen molar-refractivity contribution in [3.63, 3.8) is 0 Å². The van der Waals surface area contributed by atoms with Crippen LogP contribution >= 0.6 is 22.6 Å². The third kappa shape index (κ3) is 2.79. The summed E-state index contributed by atoms with van der Waals surface area (Å²) in [5.74, 6) is 1.57. The maximum Gasteiger partial charge on any atom is 0.220 e. The zero-order chi connectivity index (χ0) is 10.7. The van der Waals surface area contributed by atoms with Crippen LogP contribution in [0.25, 0.3) is 0 Å². The molecule has 1 aromatic carbocycles. The van der Waals surface area contributed by atoms with E-state index in [1.165, 1.54) is 0 Å². The maximum atomic E-state index is 5.50. The fraction of sp³-hybridized carbons (Fsp3) is 0. The van der Waals surface area contributed by atoms with Crippen LogP contribution in [0.1, 0.15) is 0 Å². The van der Waals surface area contributed by atoms with Crippen molar-refractivity contribution in [1.82, 2.24) is 9.97 Å². The molecule has 0 radical (unpaired) electrons. The van der Waals surface area contributed by atoms with E-state index in [9.17, 15) is 0 Å². The number of hydrogen-bond acceptors (Lipinski definition) is 4. The van der Waals surface area contributed by atoms with Gasteiger partial charge in [0.05, 0.1) is 12.4 Å². The Morgan fingerprint density at radius 1 is 1.00 bits per heavy atom. The van der Waals surface area contributed by atoms with Gasteiger partial charge in [-0.05, 0) is 46.9 Å². The fourth-order valence-electron chi connectivity index (χ4n) is 1.02. The van der Waals surface area contributed by atoms with Gasteiger partial charge in [0.15, 0.2) is 5.75 Å². The Balaban J connectivity index is 2.15. The van der Waals surface area contributed by atoms with Crippen LogP contribution in [0, 0.1) is 3.57 Å². The summed E-state index contributed by atoms with van der Waals surface area (Å²) in [6, 6.07) is 7.71. The van der Waals surface area contributed by atoms with Gasteiger partial charge in [-0.15, -0.1) is 0 Å². The van der Waals surface area contributed by atoms with Gasteiger partial charge < -0.3 is 10.5 Å². The lowest BCUT2D eigenvalue weighted by atomic mass is 10.3. The third-order valence-corrected chi connectivity index (χ3v) is 2.42. The highest BCUT2D eigenvalue weighted by Crippen LogP contribution is 2.20. The second-order valence-corrected chi connectivity index (χ2v) is 4.08. The Bertz CT molecular complexity index is 398. The molecule has 0 unspecified atom stereocenters. The number of rotatable bonds is 2. The number of nitrogens with two attached hydrogens (primary N) is 1. The minimum absolute atomic E-state index is 0.241. The molecule has 1 aromatic heterocycles. The third-order valence-electron chi connectivity index (χ3n) is 1.70. The Kier molecular flexibility index (Phi) is 3.00. The molecule has 76 valence electrons. The molecule has 0 aliphatic rings. The lowest BCUT2D eigenvalue weighted by Crippen LogP contribution is -1.94. The van der Waals surface area contributed by atoms with Crippen LogP contribution in [0.3, 0.4) is 0 Å². The number of benzene rings is 1. The molecule has 0 aliphatic carbocycles. The first-order chi connectivity index (χ1) is 7.24. The van der Waals surface area contributed by atoms with E-state index in [-0.39, 0.29) is 5.95 Å². The number of nitrogen functional groups attached to an aromatic ring is 1. The standard InChI is InChI=1S/C10H8IN3O/c11-7-1-3-8(4-2-7)15-9-5-13-10(12)14-6-9/h1-6H,(H2,12,13,14). The van der Waals surface area contributed by atoms with Crippen LogP contribution in [0.2, 0.25) is 0 Å². The summed E-state index contributed by atoms with van der Waals surface area (Å²) in [6.45, 7) is 0. The van der Waals surface area contributed by atoms with E-state index >= 15 is 0 Å². The fourth-order valence-corrected chi connectivity index (χ4v) is 1.38. The lowest BCUT2D eigenvalue weighted by molar-refractivity contribution is 0.477. The topological polar surface area (TPSA) is 61.0 Å². The zero-order valence-corrected chi connectivity index (χ0v) is 9.88. The molecule has 0 aliphatic heterocycles. The van der Waals surface area contributed by atoms with E-state index in [1.54, 1.807) is 12.4 Å². The summed E-state index contributed by atoms with van der Waals surface area (Å²) in [4.78, 5) is 7.67. The Hall–Kier alpha value is -1.37. The van der Waals surface area contributed by atoms with Gasteiger partial charge in [-0.25, -0.2) is 9.97 Å². The van der Waals surface area contributed by atoms with Crippen LogP contribution in [-0.4, -0.2) is 9.97 Å². The molecule has 0 saturated heterocycles. The first kappa shape index (κ1) is 10.2. The van der Waals surface area contributed by atoms with Gasteiger partial charge in [0.1, 0.15) is 5.75 Å². The van der Waals surface area contributed by atoms with Gasteiger partial charge in [-0.2, -0.15) is 0 Å². The van der Waals surface area contributed by atoms with E-state index in [0.29, 0.717) is 5.75 Å². The summed E-state index contributed by atoms with van der Waals surface area (Å²) in [6.07, 6.45) is 3.08. The van der Waals surface area contributed by atoms with Crippen molar-refractivity contribution in [2.45, 2.75) is 0 Å². The van der Waals surface area contributed by atoms with Crippen LogP contribution in [-0.2, 0) is 0 Å². The van der Waals surface area contributed by atoms with Crippen molar-refractivity contribution < 1.29 is 4.74 Å². The van der Waals surface area contributed by atoms with Crippen molar-refractivity contribution in [3.05, 3.63) is 40.2 Å². The molecule has 15 heavy (non-hydrogen) atoms. The maximum absolute atomic E-state index is 5.50. The minimum Gasteiger partial charge on any atom is -0.454 e. The first-order valence-electron chi connectivity index (χ1n) is 4.25. The predicted molar refractivity (Wildman–Crippen MR) is 65.7 cm³/mol. The highest BCUT2D eigenvalue weighted by molar-refractivity contribution is 14.1. The molecule has 0 fully saturated rings. The van der Waals surface area contributed by atoms with Gasteiger partial charge in [-0.3, -0.25) is 0 Å². The van der Waals surface area contributed by atoms with Crippen molar-refractivity contribution in [2.24, 2.45) is 0 Å². The Morgan fingerprint density at radius 2 is 1.60 bits per heavy atom. The summed E-state index contributed by atoms with van der Waals surface area (Å²) >= 11 is 2.24. The monoisotopic (exact) mass is 313 g/mol. The quantitative estimate of drug-likeness (QED) is 0.865. The van der Waals surface area contributed by atoms with Crippen LogP contribution < -0.4 is 10.5 Å². The minimum atomic E-state index is 0.241. The van der Waals surface area contributed by atoms with E-state index in [4.69, 9.17) is 10.5 Å². The molecule has 0 bridgehead atoms. The second kappa shape index (κ2) is 4.43. The molecule has 2 N–H and O–H groups in total. The molecular weight excluding hydrogens is 305 g/mol. The zero-order valence-electron chi connectivity index (χ0n) is 7.72. The van der Waals surface area contributed by atoms with Crippen LogP contribution in [0.15, 0.2) is 36.7 Å². The lowest BCUT2D eigenvalue weighted by Gasteiger charge is -2.04. The normalized spacial score (nSPS) is 9.93. The first-order valence-corrected chi connectivity index (χ1v) is 5.33. The summed E-state index contributed by atoms with van der Waals surface area (Å²) in [5.41, 5.74) is 5.36. The highest BCUT2D eigenvalue weighted by atomic mass is 127. The molecule has 2 rings (SSSR count). The summed E-state index contributed by atoms with van der Waals surface area (Å²) in [7, 11) is 0. The van der Waals surface area contributed by atoms with Gasteiger partial charge >= 0.3 is 0 Å². The molecular formula is C10H8IN3O. The molecule has 2 aromatic rings. The number of aromatic nitrogens is 2. The van der Waals surface area contributed by atoms with Gasteiger partial charge in [0.2, 0.25) is 5.95 Å². The Morgan fingerprint density at radius 3 is 2.20 bits per heavy atom. The number of hydrogen-bond donors (Lipinski definition) is 1. The van der Waals surface area contributed by atoms with Crippen molar-refractivity contribution >= 4 is 28.5 Å². The molecule has 0 spiro atoms. The van der Waals surface area contributed by atoms with Gasteiger partial charge in [0.25, 0.3) is 0 Å². The Labute approximate surface area is 101 Å². The molecule has 1 heterocycles. The van der Waals surface area contributed by atoms with E-state index in [0.717, 1.165) is 9.32 Å². The SMILES string of the molecule is Nc1ncc(Oc2ccc(I)cc2)cn1. The summed E-state index contributed by atoms with van der Waals surface area (Å²) < 4.78 is 6.67.